The molecule has 13 aromatic carbocycles. The number of aldehydes is 1. The van der Waals surface area contributed by atoms with Crippen LogP contribution in [0.25, 0.3) is 128 Å². The Balaban J connectivity index is 0.000000119. The molecular weight excluding hydrogens is 1890 g/mol. The van der Waals surface area contributed by atoms with Gasteiger partial charge in [0.1, 0.15) is 97.1 Å². The Morgan fingerprint density at radius 1 is 0.319 bits per heavy atom. The summed E-state index contributed by atoms with van der Waals surface area (Å²) in [5.74, 6) is 4.94. The van der Waals surface area contributed by atoms with Gasteiger partial charge in [-0.15, -0.1) is 0 Å². The predicted molar refractivity (Wildman–Crippen MR) is 561 cm³/mol. The van der Waals surface area contributed by atoms with Crippen LogP contribution in [0.1, 0.15) is 57.6 Å². The average Bonchev–Trinajstić information content (AvgIpc) is 1.60. The number of fused-ring (bicyclic) bond motifs is 7. The second-order valence-corrected chi connectivity index (χ2v) is 32.6. The standard InChI is InChI=1S/C19H15N3O2.C19H13N3O.C19H14N2O2.C16H11BrN2O.C16H12N2O.C15H9BrN2O.C9H6N2.C2H6/c23-15-9-7-14(8-10-15)22-18-6-2-1-5-16(18)17(13-20-24)19(22)21-11-3-4-12-21;20-13-17-16-5-1-2-6-18(16)22(14-7-9-15(23)10-8-14)19(17)21-11-3-4-12-21;22-13-17-16-5-1-2-6-18(16)21(14-7-9-15(23)10-8-14)19(17)20-11-3-4-12-20;1-20-12-8-6-11(7-9-12)19-15-5-3-2-4-13(15)14(10-18)16(19)17;1-19-14-8-6-13(7-9-14)18-11-12(10-17)15-4-2-3-5-16(15)18;16-15-13(9-17)12-3-1-2-4-14(12)18(15)10-5-7-11(19)8-6-10;10-5-7-6-11-9-4-2-1-3-8(7)9;1-2/h1-13,23-24H;1-12,23H;1-13,23H;2-9H,1H3;2-9,11H,1H3;1-8,19H;1-4,6,11H;1-2H3. The zero-order valence-electron chi connectivity index (χ0n) is 76.2. The first-order valence-corrected chi connectivity index (χ1v) is 45.8. The molecule has 0 unspecified atom stereocenters. The fourth-order valence-electron chi connectivity index (χ4n) is 16.8. The first kappa shape index (κ1) is 95.0. The SMILES string of the molecule is CC.COc1ccc(-n2c(Br)c(C#N)c3ccccc32)cc1.COc1ccc(-n2cc(C#N)c3ccccc32)cc1.N#Cc1c(-n2cccc2)n(-c2ccc(O)cc2)c2ccccc12.N#Cc1c(Br)n(-c2ccc(O)cc2)c2ccccc12.N#Cc1c[nH]c2ccccc12.O=Cc1c(-n2cccc2)n(-c2ccc(O)cc2)c2ccccc12.ON=Cc1c(-n2cccc2)n(-c2ccc(O)cc2)c2ccccc12. The lowest BCUT2D eigenvalue weighted by Crippen LogP contribution is -2.04. The number of carbonyl (C=O) groups is 1. The number of phenolic OH excluding ortho intramolecular Hbond substituents is 4. The molecule has 0 aliphatic rings. The summed E-state index contributed by atoms with van der Waals surface area (Å²) in [6.07, 6.45) is 17.5. The number of methoxy groups -OCH3 is 2. The highest BCUT2D eigenvalue weighted by Gasteiger charge is 2.25. The minimum atomic E-state index is 0.211. The van der Waals surface area contributed by atoms with Crippen LogP contribution in [0.5, 0.6) is 34.5 Å². The maximum absolute atomic E-state index is 11.8. The summed E-state index contributed by atoms with van der Waals surface area (Å²) in [5, 5.41) is 103. The summed E-state index contributed by atoms with van der Waals surface area (Å²) in [6, 6.07) is 121. The fraction of sp³-hybridized carbons (Fsp3) is 0.0348. The molecule has 0 aliphatic carbocycles. The van der Waals surface area contributed by atoms with Gasteiger partial charge in [0.25, 0.3) is 0 Å². The number of aromatic amines is 1. The van der Waals surface area contributed by atoms with E-state index in [1.54, 1.807) is 68.9 Å². The number of ether oxygens (including phenoxy) is 2. The lowest BCUT2D eigenvalue weighted by atomic mass is 10.2. The van der Waals surface area contributed by atoms with Crippen molar-refractivity contribution in [2.75, 3.05) is 14.2 Å². The number of nitriles is 5. The van der Waals surface area contributed by atoms with Crippen LogP contribution in [-0.4, -0.2) is 98.4 Å². The number of nitrogens with zero attached hydrogens (tertiary/aromatic N) is 15. The highest BCUT2D eigenvalue weighted by molar-refractivity contribution is 9.10. The Bertz CT molecular complexity index is 8610. The fourth-order valence-corrected chi connectivity index (χ4v) is 18.2. The third kappa shape index (κ3) is 19.6. The van der Waals surface area contributed by atoms with Crippen molar-refractivity contribution in [1.29, 1.82) is 26.3 Å². The number of aromatic hydroxyl groups is 4. The molecule has 10 aromatic heterocycles. The normalized spacial score (nSPS) is 10.6. The van der Waals surface area contributed by atoms with Crippen molar-refractivity contribution in [1.82, 2.24) is 46.1 Å². The number of hydrogen-bond acceptors (Lipinski definition) is 14. The van der Waals surface area contributed by atoms with E-state index in [2.05, 4.69) is 76.9 Å². The molecule has 0 fully saturated rings. The van der Waals surface area contributed by atoms with Crippen LogP contribution in [0.2, 0.25) is 0 Å². The van der Waals surface area contributed by atoms with Crippen LogP contribution in [0.4, 0.5) is 0 Å². The van der Waals surface area contributed by atoms with E-state index in [1.807, 2.05) is 397 Å². The molecule has 23 aromatic rings. The highest BCUT2D eigenvalue weighted by Crippen LogP contribution is 2.40. The number of hydrogen-bond donors (Lipinski definition) is 6. The molecule has 6 N–H and O–H groups in total. The third-order valence-electron chi connectivity index (χ3n) is 23.1. The molecule has 141 heavy (non-hydrogen) atoms. The number of H-pyrrole nitrogens is 1. The quantitative estimate of drug-likeness (QED) is 0.0271. The van der Waals surface area contributed by atoms with E-state index >= 15 is 0 Å². The van der Waals surface area contributed by atoms with E-state index in [1.165, 1.54) is 6.21 Å². The van der Waals surface area contributed by atoms with Crippen LogP contribution in [0.3, 0.4) is 0 Å². The van der Waals surface area contributed by atoms with Crippen molar-refractivity contribution < 1.29 is 39.9 Å². The number of halogens is 2. The van der Waals surface area contributed by atoms with E-state index in [0.29, 0.717) is 33.4 Å². The number of rotatable bonds is 13. The van der Waals surface area contributed by atoms with Crippen molar-refractivity contribution in [3.05, 3.63) is 450 Å². The van der Waals surface area contributed by atoms with E-state index in [-0.39, 0.29) is 23.0 Å². The van der Waals surface area contributed by atoms with Crippen molar-refractivity contribution >= 4 is 121 Å². The molecule has 23 rings (SSSR count). The molecule has 0 bridgehead atoms. The number of oxime groups is 1. The van der Waals surface area contributed by atoms with Crippen molar-refractivity contribution in [3.8, 4) is 116 Å². The third-order valence-corrected chi connectivity index (χ3v) is 24.6. The van der Waals surface area contributed by atoms with Gasteiger partial charge in [0.05, 0.1) is 81.4 Å². The van der Waals surface area contributed by atoms with E-state index in [9.17, 15) is 46.3 Å². The molecule has 26 heteroatoms. The molecule has 0 spiro atoms. The number of nitrogens with one attached hydrogen (secondary N) is 1. The Labute approximate surface area is 826 Å². The van der Waals surface area contributed by atoms with Crippen LogP contribution in [0.15, 0.2) is 416 Å². The average molecular weight is 1980 g/mol. The summed E-state index contributed by atoms with van der Waals surface area (Å²) < 4.78 is 29.8. The van der Waals surface area contributed by atoms with Gasteiger partial charge in [-0.1, -0.05) is 146 Å². The van der Waals surface area contributed by atoms with Gasteiger partial charge >= 0.3 is 0 Å². The molecule has 24 nitrogen and oxygen atoms in total. The van der Waals surface area contributed by atoms with E-state index in [0.717, 1.165) is 160 Å². The number of aromatic nitrogens is 10. The van der Waals surface area contributed by atoms with Gasteiger partial charge in [-0.25, -0.2) is 0 Å². The smallest absolute Gasteiger partial charge is 0.154 e. The molecule has 0 radical (unpaired) electrons. The van der Waals surface area contributed by atoms with Gasteiger partial charge in [0.2, 0.25) is 0 Å². The van der Waals surface area contributed by atoms with Crippen LogP contribution in [-0.2, 0) is 0 Å². The maximum Gasteiger partial charge on any atom is 0.154 e. The van der Waals surface area contributed by atoms with Crippen molar-refractivity contribution in [3.63, 3.8) is 0 Å². The Hall–Kier alpha value is -19.2. The van der Waals surface area contributed by atoms with Gasteiger partial charge in [0, 0.05) is 132 Å². The maximum atomic E-state index is 11.8. The number of phenols is 4. The van der Waals surface area contributed by atoms with Crippen molar-refractivity contribution in [2.45, 2.75) is 13.8 Å². The summed E-state index contributed by atoms with van der Waals surface area (Å²) >= 11 is 7.02. The first-order chi connectivity index (χ1) is 69.1. The van der Waals surface area contributed by atoms with Crippen LogP contribution in [0, 0.1) is 56.7 Å². The Kier molecular flexibility index (Phi) is 29.6. The second-order valence-electron chi connectivity index (χ2n) is 31.1. The molecule has 0 atom stereocenters. The summed E-state index contributed by atoms with van der Waals surface area (Å²) in [4.78, 5) is 14.8. The molecule has 0 saturated carbocycles. The Morgan fingerprint density at radius 3 is 0.993 bits per heavy atom. The topological polar surface area (TPSA) is 328 Å². The monoisotopic (exact) mass is 1980 g/mol. The molecule has 0 amide bonds. The summed E-state index contributed by atoms with van der Waals surface area (Å²) in [5.41, 5.74) is 17.2. The van der Waals surface area contributed by atoms with E-state index in [4.69, 9.17) is 19.9 Å². The predicted octanol–water partition coefficient (Wildman–Crippen LogP) is 26.7. The number of carbonyl (C=O) groups excluding carboxylic acids is 1. The molecule has 0 aliphatic heterocycles. The molecule has 0 saturated heterocycles. The lowest BCUT2D eigenvalue weighted by Gasteiger charge is -2.12. The zero-order valence-corrected chi connectivity index (χ0v) is 79.4. The first-order valence-electron chi connectivity index (χ1n) is 44.3. The highest BCUT2D eigenvalue weighted by atomic mass is 79.9. The largest absolute Gasteiger partial charge is 0.508 e. The second kappa shape index (κ2) is 43.9. The molecule has 688 valence electrons. The zero-order chi connectivity index (χ0) is 98.6. The number of benzene rings is 13. The lowest BCUT2D eigenvalue weighted by molar-refractivity contribution is 0.112. The van der Waals surface area contributed by atoms with Crippen LogP contribution < -0.4 is 9.47 Å². The molecule has 10 heterocycles. The van der Waals surface area contributed by atoms with Gasteiger partial charge in [-0.3, -0.25) is 18.5 Å². The summed E-state index contributed by atoms with van der Waals surface area (Å²) in [6.45, 7) is 4.00. The summed E-state index contributed by atoms with van der Waals surface area (Å²) in [7, 11) is 3.29. The minimum Gasteiger partial charge on any atom is -0.508 e. The van der Waals surface area contributed by atoms with Crippen molar-refractivity contribution in [2.24, 2.45) is 5.16 Å². The van der Waals surface area contributed by atoms with Gasteiger partial charge < -0.3 is 67.5 Å². The van der Waals surface area contributed by atoms with E-state index < -0.39 is 0 Å². The van der Waals surface area contributed by atoms with Gasteiger partial charge in [-0.05, 0) is 256 Å². The molecular formula is C115H86Br2N16O8. The number of para-hydroxylation sites is 7. The van der Waals surface area contributed by atoms with Gasteiger partial charge in [0.15, 0.2) is 6.29 Å². The minimum absolute atomic E-state index is 0.211. The van der Waals surface area contributed by atoms with Crippen LogP contribution >= 0.6 is 31.9 Å². The Morgan fingerprint density at radius 2 is 0.617 bits per heavy atom. The van der Waals surface area contributed by atoms with Gasteiger partial charge in [-0.2, -0.15) is 26.3 Å².